The van der Waals surface area contributed by atoms with Crippen molar-refractivity contribution in [1.82, 2.24) is 19.9 Å². The van der Waals surface area contributed by atoms with Gasteiger partial charge in [0.05, 0.1) is 5.69 Å². The molecule has 1 aromatic carbocycles. The van der Waals surface area contributed by atoms with E-state index in [2.05, 4.69) is 15.2 Å². The van der Waals surface area contributed by atoms with Gasteiger partial charge in [0.15, 0.2) is 17.3 Å². The lowest BCUT2D eigenvalue weighted by atomic mass is 10.3. The monoisotopic (exact) mass is 304 g/mol. The maximum atomic E-state index is 13.1. The Bertz CT molecular complexity index is 709. The van der Waals surface area contributed by atoms with Gasteiger partial charge in [-0.3, -0.25) is 0 Å². The molecule has 0 spiro atoms. The second-order valence-corrected chi connectivity index (χ2v) is 5.35. The molecule has 0 bridgehead atoms. The fourth-order valence-corrected chi connectivity index (χ4v) is 2.30. The van der Waals surface area contributed by atoms with E-state index in [4.69, 9.17) is 4.52 Å². The number of aromatic nitrogens is 4. The topological polar surface area (TPSA) is 56.7 Å². The van der Waals surface area contributed by atoms with Gasteiger partial charge in [0.1, 0.15) is 12.1 Å². The minimum atomic E-state index is -0.288. The molecule has 0 aliphatic carbocycles. The number of thioether (sulfide) groups is 1. The summed E-state index contributed by atoms with van der Waals surface area (Å²) in [5.41, 5.74) is 1.33. The summed E-state index contributed by atoms with van der Waals surface area (Å²) in [6, 6.07) is 7.83. The Kier molecular flexibility index (Phi) is 4.01. The molecule has 7 heteroatoms. The first-order valence-corrected chi connectivity index (χ1v) is 7.79. The molecule has 2 aromatic heterocycles. The summed E-state index contributed by atoms with van der Waals surface area (Å²) in [7, 11) is 0. The molecule has 0 saturated heterocycles. The first kappa shape index (κ1) is 13.8. The van der Waals surface area contributed by atoms with Gasteiger partial charge in [-0.05, 0) is 30.5 Å². The lowest BCUT2D eigenvalue weighted by Crippen LogP contribution is -2.00. The van der Waals surface area contributed by atoms with E-state index in [1.54, 1.807) is 34.6 Å². The van der Waals surface area contributed by atoms with Crippen LogP contribution < -0.4 is 0 Å². The molecular weight excluding hydrogens is 291 g/mol. The molecular formula is C14H13FN4OS. The summed E-state index contributed by atoms with van der Waals surface area (Å²) in [5.74, 6) is 1.97. The molecule has 0 fully saturated rings. The summed E-state index contributed by atoms with van der Waals surface area (Å²) in [6.45, 7) is 0. The van der Waals surface area contributed by atoms with Gasteiger partial charge in [-0.2, -0.15) is 16.9 Å². The fourth-order valence-electron chi connectivity index (χ4n) is 1.91. The standard InChI is InChI=1S/C14H13FN4OS/c1-21-9-7-13-16-14(12-6-8-20-18-12)19(17-13)11-4-2-10(15)3-5-11/h2-6,8H,7,9H2,1H3. The summed E-state index contributed by atoms with van der Waals surface area (Å²) >= 11 is 1.73. The number of halogens is 1. The molecule has 0 aliphatic heterocycles. The molecule has 0 aliphatic rings. The van der Waals surface area contributed by atoms with Crippen molar-refractivity contribution < 1.29 is 8.91 Å². The maximum Gasteiger partial charge on any atom is 0.185 e. The molecule has 0 N–H and O–H groups in total. The minimum Gasteiger partial charge on any atom is -0.364 e. The van der Waals surface area contributed by atoms with Crippen LogP contribution in [0.1, 0.15) is 5.82 Å². The van der Waals surface area contributed by atoms with Crippen molar-refractivity contribution >= 4 is 11.8 Å². The molecule has 21 heavy (non-hydrogen) atoms. The number of nitrogens with zero attached hydrogens (tertiary/aromatic N) is 4. The van der Waals surface area contributed by atoms with Crippen molar-refractivity contribution in [1.29, 1.82) is 0 Å². The predicted octanol–water partition coefficient (Wildman–Crippen LogP) is 2.97. The van der Waals surface area contributed by atoms with Gasteiger partial charge < -0.3 is 4.52 Å². The Morgan fingerprint density at radius 3 is 2.71 bits per heavy atom. The van der Waals surface area contributed by atoms with Crippen molar-refractivity contribution in [3.63, 3.8) is 0 Å². The van der Waals surface area contributed by atoms with Gasteiger partial charge in [-0.25, -0.2) is 14.1 Å². The lowest BCUT2D eigenvalue weighted by molar-refractivity contribution is 0.421. The minimum absolute atomic E-state index is 0.288. The van der Waals surface area contributed by atoms with Crippen LogP contribution >= 0.6 is 11.8 Å². The molecule has 108 valence electrons. The van der Waals surface area contributed by atoms with Crippen LogP contribution in [-0.2, 0) is 6.42 Å². The summed E-state index contributed by atoms with van der Waals surface area (Å²) in [5, 5.41) is 8.40. The van der Waals surface area contributed by atoms with Gasteiger partial charge >= 0.3 is 0 Å². The van der Waals surface area contributed by atoms with Crippen molar-refractivity contribution in [2.45, 2.75) is 6.42 Å². The van der Waals surface area contributed by atoms with Crippen molar-refractivity contribution in [2.75, 3.05) is 12.0 Å². The first-order chi connectivity index (χ1) is 10.3. The van der Waals surface area contributed by atoms with Crippen LogP contribution in [0.15, 0.2) is 41.1 Å². The Balaban J connectivity index is 2.04. The van der Waals surface area contributed by atoms with E-state index in [9.17, 15) is 4.39 Å². The molecule has 0 atom stereocenters. The van der Waals surface area contributed by atoms with E-state index >= 15 is 0 Å². The third-order valence-corrected chi connectivity index (χ3v) is 3.53. The second kappa shape index (κ2) is 6.09. The molecule has 0 unspecified atom stereocenters. The summed E-state index contributed by atoms with van der Waals surface area (Å²) in [4.78, 5) is 4.51. The molecule has 3 aromatic rings. The zero-order chi connectivity index (χ0) is 14.7. The highest BCUT2D eigenvalue weighted by Gasteiger charge is 2.15. The number of rotatable bonds is 5. The number of hydrogen-bond acceptors (Lipinski definition) is 5. The number of aryl methyl sites for hydroxylation is 1. The third-order valence-electron chi connectivity index (χ3n) is 2.92. The molecule has 3 rings (SSSR count). The predicted molar refractivity (Wildman–Crippen MR) is 78.9 cm³/mol. The second-order valence-electron chi connectivity index (χ2n) is 4.37. The SMILES string of the molecule is CSCCc1nc(-c2ccon2)n(-c2ccc(F)cc2)n1. The van der Waals surface area contributed by atoms with E-state index in [-0.39, 0.29) is 5.82 Å². The lowest BCUT2D eigenvalue weighted by Gasteiger charge is -2.03. The van der Waals surface area contributed by atoms with Crippen LogP contribution in [0.5, 0.6) is 0 Å². The Morgan fingerprint density at radius 1 is 1.24 bits per heavy atom. The smallest absolute Gasteiger partial charge is 0.185 e. The van der Waals surface area contributed by atoms with Gasteiger partial charge in [-0.15, -0.1) is 0 Å². The quantitative estimate of drug-likeness (QED) is 0.725. The Hall–Kier alpha value is -2.15. The van der Waals surface area contributed by atoms with E-state index in [1.807, 2.05) is 6.26 Å². The highest BCUT2D eigenvalue weighted by atomic mass is 32.2. The van der Waals surface area contributed by atoms with Crippen LogP contribution in [0.3, 0.4) is 0 Å². The van der Waals surface area contributed by atoms with Crippen LogP contribution in [-0.4, -0.2) is 31.9 Å². The first-order valence-electron chi connectivity index (χ1n) is 6.39. The average molecular weight is 304 g/mol. The van der Waals surface area contributed by atoms with Crippen LogP contribution in [0, 0.1) is 5.82 Å². The normalized spacial score (nSPS) is 11.0. The van der Waals surface area contributed by atoms with Gasteiger partial charge in [0.25, 0.3) is 0 Å². The molecule has 0 saturated carbocycles. The zero-order valence-electron chi connectivity index (χ0n) is 11.4. The van der Waals surface area contributed by atoms with Crippen molar-refractivity contribution in [3.8, 4) is 17.2 Å². The highest BCUT2D eigenvalue weighted by molar-refractivity contribution is 7.98. The highest BCUT2D eigenvalue weighted by Crippen LogP contribution is 2.20. The van der Waals surface area contributed by atoms with E-state index in [1.165, 1.54) is 18.4 Å². The maximum absolute atomic E-state index is 13.1. The van der Waals surface area contributed by atoms with Crippen molar-refractivity contribution in [2.24, 2.45) is 0 Å². The molecule has 0 radical (unpaired) electrons. The van der Waals surface area contributed by atoms with Crippen molar-refractivity contribution in [3.05, 3.63) is 48.2 Å². The third kappa shape index (κ3) is 2.97. The van der Waals surface area contributed by atoms with E-state index in [0.717, 1.165) is 23.7 Å². The van der Waals surface area contributed by atoms with Crippen LogP contribution in [0.2, 0.25) is 0 Å². The largest absolute Gasteiger partial charge is 0.364 e. The summed E-state index contributed by atoms with van der Waals surface area (Å²) < 4.78 is 19.6. The van der Waals surface area contributed by atoms with Crippen LogP contribution in [0.25, 0.3) is 17.2 Å². The molecule has 2 heterocycles. The zero-order valence-corrected chi connectivity index (χ0v) is 12.2. The van der Waals surface area contributed by atoms with Gasteiger partial charge in [0.2, 0.25) is 0 Å². The molecule has 5 nitrogen and oxygen atoms in total. The van der Waals surface area contributed by atoms with E-state index in [0.29, 0.717) is 11.5 Å². The fraction of sp³-hybridized carbons (Fsp3) is 0.214. The average Bonchev–Trinajstić information content (AvgIpc) is 3.15. The molecule has 0 amide bonds. The van der Waals surface area contributed by atoms with Gasteiger partial charge in [-0.1, -0.05) is 5.16 Å². The van der Waals surface area contributed by atoms with Crippen LogP contribution in [0.4, 0.5) is 4.39 Å². The van der Waals surface area contributed by atoms with Gasteiger partial charge in [0, 0.05) is 18.2 Å². The Morgan fingerprint density at radius 2 is 2.05 bits per heavy atom. The summed E-state index contributed by atoms with van der Waals surface area (Å²) in [6.07, 6.45) is 4.29. The Labute approximate surface area is 125 Å². The number of benzene rings is 1. The number of hydrogen-bond donors (Lipinski definition) is 0. The van der Waals surface area contributed by atoms with E-state index < -0.39 is 0 Å².